The number of rotatable bonds is 3. The van der Waals surface area contributed by atoms with E-state index in [1.165, 1.54) is 4.70 Å². The van der Waals surface area contributed by atoms with E-state index in [1.807, 2.05) is 18.2 Å². The first-order chi connectivity index (χ1) is 6.81. The number of aromatic nitrogens is 1. The molecule has 0 spiro atoms. The van der Waals surface area contributed by atoms with Crippen LogP contribution in [-0.4, -0.2) is 11.5 Å². The molecule has 4 heteroatoms. The molecule has 0 unspecified atom stereocenters. The summed E-state index contributed by atoms with van der Waals surface area (Å²) in [6.45, 7) is 2.95. The Morgan fingerprint density at radius 3 is 2.93 bits per heavy atom. The summed E-state index contributed by atoms with van der Waals surface area (Å²) in [4.78, 5) is 4.45. The Bertz CT molecular complexity index is 391. The van der Waals surface area contributed by atoms with Crippen molar-refractivity contribution < 1.29 is 0 Å². The van der Waals surface area contributed by atoms with E-state index >= 15 is 0 Å². The molecule has 0 aliphatic heterocycles. The highest BCUT2D eigenvalue weighted by Crippen LogP contribution is 2.26. The van der Waals surface area contributed by atoms with Crippen molar-refractivity contribution in [3.63, 3.8) is 0 Å². The first kappa shape index (κ1) is 9.43. The molecule has 0 amide bonds. The van der Waals surface area contributed by atoms with Crippen LogP contribution in [0.25, 0.3) is 10.2 Å². The van der Waals surface area contributed by atoms with Crippen LogP contribution in [0.1, 0.15) is 13.3 Å². The third-order valence-corrected chi connectivity index (χ3v) is 3.07. The summed E-state index contributed by atoms with van der Waals surface area (Å²) < 4.78 is 1.19. The van der Waals surface area contributed by atoms with Crippen molar-refractivity contribution in [1.82, 2.24) is 4.98 Å². The lowest BCUT2D eigenvalue weighted by molar-refractivity contribution is 0.802. The van der Waals surface area contributed by atoms with Gasteiger partial charge in [0.15, 0.2) is 0 Å². The van der Waals surface area contributed by atoms with Gasteiger partial charge in [0.05, 0.1) is 10.2 Å². The highest BCUT2D eigenvalue weighted by Gasteiger charge is 2.06. The molecule has 0 bridgehead atoms. The van der Waals surface area contributed by atoms with Crippen molar-refractivity contribution in [1.29, 1.82) is 0 Å². The maximum Gasteiger partial charge on any atom is 0.200 e. The monoisotopic (exact) mass is 207 g/mol. The highest BCUT2D eigenvalue weighted by molar-refractivity contribution is 7.22. The normalized spacial score (nSPS) is 10.7. The lowest BCUT2D eigenvalue weighted by Gasteiger charge is -2.12. The topological polar surface area (TPSA) is 42.1 Å². The second-order valence-electron chi connectivity index (χ2n) is 3.16. The molecule has 0 saturated heterocycles. The van der Waals surface area contributed by atoms with Gasteiger partial charge < -0.3 is 0 Å². The van der Waals surface area contributed by atoms with E-state index < -0.39 is 0 Å². The van der Waals surface area contributed by atoms with Gasteiger partial charge in [-0.2, -0.15) is 0 Å². The number of para-hydroxylation sites is 1. The second kappa shape index (κ2) is 3.94. The Balaban J connectivity index is 2.35. The molecule has 0 radical (unpaired) electrons. The fourth-order valence-electron chi connectivity index (χ4n) is 1.32. The third-order valence-electron chi connectivity index (χ3n) is 1.99. The Hall–Kier alpha value is -1.13. The molecule has 1 heterocycles. The average Bonchev–Trinajstić information content (AvgIpc) is 2.61. The summed E-state index contributed by atoms with van der Waals surface area (Å²) >= 11 is 1.64. The Kier molecular flexibility index (Phi) is 2.65. The van der Waals surface area contributed by atoms with E-state index in [-0.39, 0.29) is 0 Å². The maximum atomic E-state index is 5.85. The summed E-state index contributed by atoms with van der Waals surface area (Å²) in [5, 5.41) is 2.61. The highest BCUT2D eigenvalue weighted by atomic mass is 32.1. The third kappa shape index (κ3) is 1.71. The molecule has 0 aliphatic rings. The standard InChI is InChI=1S/C10H13N3S/c1-2-7-13(11)10-12-8-5-3-4-6-9(8)14-10/h3-6H,2,7,11H2,1H3. The van der Waals surface area contributed by atoms with Gasteiger partial charge in [-0.15, -0.1) is 0 Å². The minimum absolute atomic E-state index is 0.847. The maximum absolute atomic E-state index is 5.85. The van der Waals surface area contributed by atoms with Crippen LogP contribution in [0.2, 0.25) is 0 Å². The number of hydrogen-bond donors (Lipinski definition) is 1. The van der Waals surface area contributed by atoms with E-state index in [0.717, 1.165) is 23.6 Å². The fraction of sp³-hybridized carbons (Fsp3) is 0.300. The van der Waals surface area contributed by atoms with Gasteiger partial charge in [-0.25, -0.2) is 10.8 Å². The first-order valence-electron chi connectivity index (χ1n) is 4.69. The van der Waals surface area contributed by atoms with Gasteiger partial charge >= 0.3 is 0 Å². The van der Waals surface area contributed by atoms with E-state index in [0.29, 0.717) is 0 Å². The van der Waals surface area contributed by atoms with Gasteiger partial charge in [-0.3, -0.25) is 5.01 Å². The molecule has 1 aromatic heterocycles. The largest absolute Gasteiger partial charge is 0.286 e. The summed E-state index contributed by atoms with van der Waals surface area (Å²) in [7, 11) is 0. The molecule has 3 nitrogen and oxygen atoms in total. The van der Waals surface area contributed by atoms with Gasteiger partial charge in [0, 0.05) is 6.54 Å². The van der Waals surface area contributed by atoms with Crippen LogP contribution in [0.15, 0.2) is 24.3 Å². The quantitative estimate of drug-likeness (QED) is 0.620. The van der Waals surface area contributed by atoms with Crippen molar-refractivity contribution in [3.05, 3.63) is 24.3 Å². The molecular formula is C10H13N3S. The molecule has 74 valence electrons. The molecular weight excluding hydrogens is 194 g/mol. The zero-order valence-electron chi connectivity index (χ0n) is 8.10. The van der Waals surface area contributed by atoms with Gasteiger partial charge in [0.25, 0.3) is 0 Å². The predicted octanol–water partition coefficient (Wildman–Crippen LogP) is 2.39. The lowest BCUT2D eigenvalue weighted by Crippen LogP contribution is -2.31. The fourth-order valence-corrected chi connectivity index (χ4v) is 2.23. The van der Waals surface area contributed by atoms with E-state index in [1.54, 1.807) is 16.3 Å². The number of nitrogens with zero attached hydrogens (tertiary/aromatic N) is 2. The molecule has 2 N–H and O–H groups in total. The van der Waals surface area contributed by atoms with Crippen LogP contribution in [0.5, 0.6) is 0 Å². The summed E-state index contributed by atoms with van der Waals surface area (Å²) in [6, 6.07) is 8.09. The summed E-state index contributed by atoms with van der Waals surface area (Å²) in [6.07, 6.45) is 1.03. The van der Waals surface area contributed by atoms with Crippen LogP contribution in [0.4, 0.5) is 5.13 Å². The van der Waals surface area contributed by atoms with Gasteiger partial charge in [0.1, 0.15) is 0 Å². The van der Waals surface area contributed by atoms with Crippen LogP contribution in [-0.2, 0) is 0 Å². The first-order valence-corrected chi connectivity index (χ1v) is 5.50. The van der Waals surface area contributed by atoms with Crippen molar-refractivity contribution in [2.24, 2.45) is 5.84 Å². The summed E-state index contributed by atoms with van der Waals surface area (Å²) in [5.74, 6) is 5.85. The Morgan fingerprint density at radius 1 is 1.43 bits per heavy atom. The molecule has 0 aliphatic carbocycles. The van der Waals surface area contributed by atoms with Gasteiger partial charge in [-0.05, 0) is 18.6 Å². The van der Waals surface area contributed by atoms with Crippen molar-refractivity contribution >= 4 is 26.7 Å². The van der Waals surface area contributed by atoms with Gasteiger partial charge in [-0.1, -0.05) is 30.4 Å². The number of fused-ring (bicyclic) bond motifs is 1. The molecule has 1 aromatic carbocycles. The number of hydrazine groups is 1. The van der Waals surface area contributed by atoms with Crippen LogP contribution in [0, 0.1) is 0 Å². The Labute approximate surface area is 87.1 Å². The molecule has 0 atom stereocenters. The minimum atomic E-state index is 0.847. The summed E-state index contributed by atoms with van der Waals surface area (Å²) in [5.41, 5.74) is 1.03. The smallest absolute Gasteiger partial charge is 0.200 e. The van der Waals surface area contributed by atoms with Crippen LogP contribution in [0.3, 0.4) is 0 Å². The number of benzene rings is 1. The van der Waals surface area contributed by atoms with Crippen molar-refractivity contribution in [2.45, 2.75) is 13.3 Å². The Morgan fingerprint density at radius 2 is 2.21 bits per heavy atom. The molecule has 0 fully saturated rings. The zero-order valence-corrected chi connectivity index (χ0v) is 8.92. The molecule has 14 heavy (non-hydrogen) atoms. The molecule has 2 aromatic rings. The average molecular weight is 207 g/mol. The van der Waals surface area contributed by atoms with E-state index in [2.05, 4.69) is 18.0 Å². The number of hydrogen-bond acceptors (Lipinski definition) is 4. The zero-order chi connectivity index (χ0) is 9.97. The van der Waals surface area contributed by atoms with Crippen molar-refractivity contribution in [2.75, 3.05) is 11.6 Å². The number of anilines is 1. The second-order valence-corrected chi connectivity index (χ2v) is 4.17. The van der Waals surface area contributed by atoms with Crippen LogP contribution < -0.4 is 10.9 Å². The van der Waals surface area contributed by atoms with Gasteiger partial charge in [0.2, 0.25) is 5.13 Å². The molecule has 0 saturated carbocycles. The minimum Gasteiger partial charge on any atom is -0.286 e. The lowest BCUT2D eigenvalue weighted by atomic mass is 10.3. The predicted molar refractivity (Wildman–Crippen MR) is 61.4 cm³/mol. The van der Waals surface area contributed by atoms with Crippen LogP contribution >= 0.6 is 11.3 Å². The van der Waals surface area contributed by atoms with Crippen molar-refractivity contribution in [3.8, 4) is 0 Å². The SMILES string of the molecule is CCCN(N)c1nc2ccccc2s1. The van der Waals surface area contributed by atoms with E-state index in [4.69, 9.17) is 5.84 Å². The molecule has 2 rings (SSSR count). The number of nitrogens with two attached hydrogens (primary N) is 1. The van der Waals surface area contributed by atoms with E-state index in [9.17, 15) is 0 Å². The number of thiazole rings is 1.